The van der Waals surface area contributed by atoms with E-state index in [2.05, 4.69) is 37.3 Å². The second-order valence-corrected chi connectivity index (χ2v) is 5.50. The monoisotopic (exact) mass is 185 g/mol. The molecule has 0 aliphatic carbocycles. The van der Waals surface area contributed by atoms with Gasteiger partial charge in [-0.3, -0.25) is 0 Å². The van der Waals surface area contributed by atoms with Gasteiger partial charge in [-0.15, -0.1) is 12.6 Å². The number of benzene rings is 1. The highest BCUT2D eigenvalue weighted by atomic mass is 32.2. The summed E-state index contributed by atoms with van der Waals surface area (Å²) in [5.41, 5.74) is 1.36. The minimum absolute atomic E-state index is 0.474. The summed E-state index contributed by atoms with van der Waals surface area (Å²) >= 11 is 4.38. The normalized spacial score (nSPS) is 10.5. The summed E-state index contributed by atoms with van der Waals surface area (Å²) in [6.45, 7) is 0. The minimum atomic E-state index is 0.474. The Kier molecular flexibility index (Phi) is 3.34. The van der Waals surface area contributed by atoms with Gasteiger partial charge in [0.15, 0.2) is 0 Å². The first kappa shape index (κ1) is 9.01. The van der Waals surface area contributed by atoms with Crippen LogP contribution in [-0.2, 0) is 16.6 Å². The topological polar surface area (TPSA) is 0 Å². The molecule has 0 aliphatic rings. The van der Waals surface area contributed by atoms with Gasteiger partial charge in [0.1, 0.15) is 5.75 Å². The summed E-state index contributed by atoms with van der Waals surface area (Å²) in [7, 11) is 0.474. The lowest BCUT2D eigenvalue weighted by Gasteiger charge is -2.00. The molecule has 0 N–H and O–H groups in total. The zero-order valence-corrected chi connectivity index (χ0v) is 8.58. The maximum atomic E-state index is 4.38. The van der Waals surface area contributed by atoms with Gasteiger partial charge in [-0.25, -0.2) is 0 Å². The number of hydrogen-bond acceptors (Lipinski definition) is 1. The Hall–Kier alpha value is -0.0800. The van der Waals surface area contributed by atoms with Gasteiger partial charge in [0.25, 0.3) is 0 Å². The van der Waals surface area contributed by atoms with Crippen LogP contribution in [0.15, 0.2) is 29.2 Å². The molecule has 2 heteroatoms. The lowest BCUT2D eigenvalue weighted by atomic mass is 10.2. The van der Waals surface area contributed by atoms with Crippen LogP contribution in [0.5, 0.6) is 0 Å². The molecule has 0 spiro atoms. The van der Waals surface area contributed by atoms with E-state index < -0.39 is 0 Å². The third-order valence-corrected chi connectivity index (χ3v) is 2.76. The van der Waals surface area contributed by atoms with E-state index in [4.69, 9.17) is 0 Å². The average molecular weight is 185 g/mol. The molecule has 1 rings (SSSR count). The fourth-order valence-corrected chi connectivity index (χ4v) is 2.16. The zero-order valence-electron chi connectivity index (χ0n) is 6.87. The minimum Gasteiger partial charge on any atom is -0.143 e. The molecule has 11 heavy (non-hydrogen) atoms. The summed E-state index contributed by atoms with van der Waals surface area (Å²) in [4.78, 5) is 1.12. The molecule has 0 nitrogen and oxygen atoms in total. The van der Waals surface area contributed by atoms with Gasteiger partial charge in [0, 0.05) is 10.5 Å². The van der Waals surface area contributed by atoms with Gasteiger partial charge >= 0.3 is 0 Å². The van der Waals surface area contributed by atoms with Gasteiger partial charge in [-0.1, -0.05) is 18.2 Å². The summed E-state index contributed by atoms with van der Waals surface area (Å²) < 4.78 is 0. The molecule has 0 aromatic heterocycles. The van der Waals surface area contributed by atoms with E-state index in [-0.39, 0.29) is 0 Å². The van der Waals surface area contributed by atoms with E-state index in [1.807, 2.05) is 12.1 Å². The second-order valence-electron chi connectivity index (χ2n) is 2.76. The molecule has 0 radical (unpaired) electrons. The molecule has 0 atom stereocenters. The van der Waals surface area contributed by atoms with Gasteiger partial charge in [-0.2, -0.15) is 0 Å². The predicted molar refractivity (Wildman–Crippen MR) is 56.6 cm³/mol. The van der Waals surface area contributed by atoms with Gasteiger partial charge in [0.05, 0.1) is 12.5 Å². The maximum absolute atomic E-state index is 4.38. The number of rotatable bonds is 2. The predicted octanol–water partition coefficient (Wildman–Crippen LogP) is 2.35. The summed E-state index contributed by atoms with van der Waals surface area (Å²) in [6.07, 6.45) is 4.50. The highest BCUT2D eigenvalue weighted by Crippen LogP contribution is 2.15. The first-order valence-electron chi connectivity index (χ1n) is 3.51. The van der Waals surface area contributed by atoms with Crippen LogP contribution < -0.4 is 0 Å². The van der Waals surface area contributed by atoms with E-state index >= 15 is 0 Å². The fraction of sp³-hybridized carbons (Fsp3) is 0.333. The van der Waals surface area contributed by atoms with E-state index in [0.717, 1.165) is 10.6 Å². The molecular formula is C9H13S2+. The van der Waals surface area contributed by atoms with Crippen molar-refractivity contribution in [3.05, 3.63) is 29.8 Å². The molecule has 0 saturated carbocycles. The Morgan fingerprint density at radius 3 is 2.45 bits per heavy atom. The Morgan fingerprint density at radius 1 is 1.27 bits per heavy atom. The Morgan fingerprint density at radius 2 is 1.91 bits per heavy atom. The van der Waals surface area contributed by atoms with E-state index in [1.165, 1.54) is 5.56 Å². The molecule has 0 saturated heterocycles. The Balaban J connectivity index is 2.78. The van der Waals surface area contributed by atoms with Gasteiger partial charge < -0.3 is 0 Å². The highest BCUT2D eigenvalue weighted by molar-refractivity contribution is 7.94. The molecule has 0 unspecified atom stereocenters. The third-order valence-electron chi connectivity index (χ3n) is 1.44. The highest BCUT2D eigenvalue weighted by Gasteiger charge is 2.06. The van der Waals surface area contributed by atoms with Crippen molar-refractivity contribution in [2.45, 2.75) is 10.6 Å². The molecule has 0 bridgehead atoms. The van der Waals surface area contributed by atoms with E-state index in [1.54, 1.807) is 0 Å². The fourth-order valence-electron chi connectivity index (χ4n) is 0.944. The van der Waals surface area contributed by atoms with Gasteiger partial charge in [0.2, 0.25) is 0 Å². The molecule has 0 aliphatic heterocycles. The van der Waals surface area contributed by atoms with Crippen molar-refractivity contribution < 1.29 is 0 Å². The molecule has 0 amide bonds. The average Bonchev–Trinajstić information content (AvgIpc) is 1.93. The standard InChI is InChI=1S/C9H12S2/c1-11(2)7-8-5-3-4-6-9(8)10/h3-6H,7H2,1-2H3/p+1. The molecule has 1 aromatic carbocycles. The Bertz CT molecular complexity index is 231. The SMILES string of the molecule is C[S+](C)Cc1ccccc1S. The van der Waals surface area contributed by atoms with Crippen molar-refractivity contribution in [3.63, 3.8) is 0 Å². The van der Waals surface area contributed by atoms with E-state index in [0.29, 0.717) is 10.9 Å². The quantitative estimate of drug-likeness (QED) is 0.531. The third kappa shape index (κ3) is 2.80. The van der Waals surface area contributed by atoms with Crippen LogP contribution in [0.25, 0.3) is 0 Å². The zero-order chi connectivity index (χ0) is 8.27. The van der Waals surface area contributed by atoms with Crippen molar-refractivity contribution in [1.82, 2.24) is 0 Å². The molecule has 60 valence electrons. The van der Waals surface area contributed by atoms with Crippen molar-refractivity contribution in [2.75, 3.05) is 12.5 Å². The molecule has 0 heterocycles. The number of thiol groups is 1. The molecule has 1 aromatic rings. The first-order chi connectivity index (χ1) is 5.20. The lowest BCUT2D eigenvalue weighted by molar-refractivity contribution is 1.27. The van der Waals surface area contributed by atoms with Crippen molar-refractivity contribution in [2.24, 2.45) is 0 Å². The second kappa shape index (κ2) is 4.07. The summed E-state index contributed by atoms with van der Waals surface area (Å²) in [6, 6.07) is 8.29. The van der Waals surface area contributed by atoms with Crippen LogP contribution in [0.3, 0.4) is 0 Å². The summed E-state index contributed by atoms with van der Waals surface area (Å²) in [5, 5.41) is 0. The van der Waals surface area contributed by atoms with Crippen LogP contribution in [0, 0.1) is 0 Å². The van der Waals surface area contributed by atoms with Crippen LogP contribution in [0.2, 0.25) is 0 Å². The largest absolute Gasteiger partial charge is 0.143 e. The van der Waals surface area contributed by atoms with Crippen LogP contribution in [0.4, 0.5) is 0 Å². The molecular weight excluding hydrogens is 172 g/mol. The number of hydrogen-bond donors (Lipinski definition) is 1. The first-order valence-corrected chi connectivity index (χ1v) is 6.17. The van der Waals surface area contributed by atoms with Crippen molar-refractivity contribution >= 4 is 23.5 Å². The van der Waals surface area contributed by atoms with Gasteiger partial charge in [-0.05, 0) is 17.0 Å². The lowest BCUT2D eigenvalue weighted by Crippen LogP contribution is -1.99. The Labute approximate surface area is 76.8 Å². The van der Waals surface area contributed by atoms with Crippen LogP contribution in [0.1, 0.15) is 5.56 Å². The molecule has 0 fully saturated rings. The van der Waals surface area contributed by atoms with Crippen LogP contribution in [-0.4, -0.2) is 12.5 Å². The smallest absolute Gasteiger partial charge is 0.133 e. The van der Waals surface area contributed by atoms with Crippen molar-refractivity contribution in [3.8, 4) is 0 Å². The van der Waals surface area contributed by atoms with Crippen LogP contribution >= 0.6 is 12.6 Å². The van der Waals surface area contributed by atoms with E-state index in [9.17, 15) is 0 Å². The van der Waals surface area contributed by atoms with Crippen molar-refractivity contribution in [1.29, 1.82) is 0 Å². The maximum Gasteiger partial charge on any atom is 0.133 e. The summed E-state index contributed by atoms with van der Waals surface area (Å²) in [5.74, 6) is 1.15.